The zero-order chi connectivity index (χ0) is 12.5. The lowest BCUT2D eigenvalue weighted by molar-refractivity contribution is 0.501. The zero-order valence-electron chi connectivity index (χ0n) is 9.30. The van der Waals surface area contributed by atoms with E-state index in [1.807, 2.05) is 6.92 Å². The van der Waals surface area contributed by atoms with Crippen molar-refractivity contribution < 1.29 is 13.8 Å². The standard InChI is InChI=1S/C13H12FO2P/c1-10-2-6-12(7-3-10)17(15,16)13-8-4-11(14)5-9-13/h2-9H,1H3,(H,15,16). The number of rotatable bonds is 2. The number of benzene rings is 2. The maximum absolute atomic E-state index is 12.8. The molecule has 4 heteroatoms. The van der Waals surface area contributed by atoms with Gasteiger partial charge < -0.3 is 4.89 Å². The minimum absolute atomic E-state index is 0.239. The van der Waals surface area contributed by atoms with Crippen molar-refractivity contribution in [2.75, 3.05) is 0 Å². The minimum atomic E-state index is -3.60. The van der Waals surface area contributed by atoms with Crippen molar-refractivity contribution in [2.24, 2.45) is 0 Å². The molecule has 0 aliphatic heterocycles. The van der Waals surface area contributed by atoms with E-state index in [0.29, 0.717) is 5.30 Å². The third kappa shape index (κ3) is 2.46. The van der Waals surface area contributed by atoms with Crippen LogP contribution in [0.3, 0.4) is 0 Å². The average molecular weight is 250 g/mol. The quantitative estimate of drug-likeness (QED) is 0.831. The summed E-state index contributed by atoms with van der Waals surface area (Å²) in [6.45, 7) is 1.91. The zero-order valence-corrected chi connectivity index (χ0v) is 10.2. The van der Waals surface area contributed by atoms with E-state index in [9.17, 15) is 13.8 Å². The number of hydrogen-bond acceptors (Lipinski definition) is 1. The van der Waals surface area contributed by atoms with Crippen molar-refractivity contribution >= 4 is 18.0 Å². The Hall–Kier alpha value is -1.44. The Bertz CT molecular complexity index is 511. The van der Waals surface area contributed by atoms with Crippen LogP contribution >= 0.6 is 7.37 Å². The molecule has 0 bridgehead atoms. The molecule has 2 nitrogen and oxygen atoms in total. The Morgan fingerprint density at radius 2 is 1.35 bits per heavy atom. The second kappa shape index (κ2) is 4.44. The molecule has 1 atom stereocenters. The highest BCUT2D eigenvalue weighted by atomic mass is 31.2. The molecule has 2 aromatic carbocycles. The molecule has 0 amide bonds. The predicted molar refractivity (Wildman–Crippen MR) is 66.7 cm³/mol. The largest absolute Gasteiger partial charge is 0.338 e. The summed E-state index contributed by atoms with van der Waals surface area (Å²) in [7, 11) is -3.60. The molecule has 0 heterocycles. The lowest BCUT2D eigenvalue weighted by Gasteiger charge is -2.12. The number of hydrogen-bond donors (Lipinski definition) is 1. The molecule has 0 radical (unpaired) electrons. The highest BCUT2D eigenvalue weighted by Gasteiger charge is 2.23. The number of aryl methyl sites for hydroxylation is 1. The third-order valence-corrected chi connectivity index (χ3v) is 4.56. The summed E-state index contributed by atoms with van der Waals surface area (Å²) in [5.74, 6) is -0.419. The Labute approximate surface area is 99.2 Å². The van der Waals surface area contributed by atoms with E-state index >= 15 is 0 Å². The van der Waals surface area contributed by atoms with Crippen molar-refractivity contribution in [1.29, 1.82) is 0 Å². The Kier molecular flexibility index (Phi) is 3.14. The highest BCUT2D eigenvalue weighted by Crippen LogP contribution is 2.37. The van der Waals surface area contributed by atoms with Gasteiger partial charge in [-0.25, -0.2) is 4.39 Å². The Morgan fingerprint density at radius 1 is 0.941 bits per heavy atom. The monoisotopic (exact) mass is 250 g/mol. The summed E-state index contributed by atoms with van der Waals surface area (Å²) >= 11 is 0. The molecule has 0 aliphatic rings. The molecule has 0 saturated carbocycles. The fourth-order valence-corrected chi connectivity index (χ4v) is 2.94. The van der Waals surface area contributed by atoms with Crippen LogP contribution in [-0.4, -0.2) is 4.89 Å². The van der Waals surface area contributed by atoms with Crippen LogP contribution in [0.15, 0.2) is 48.5 Å². The van der Waals surface area contributed by atoms with E-state index in [1.54, 1.807) is 24.3 Å². The van der Waals surface area contributed by atoms with Crippen LogP contribution in [0.5, 0.6) is 0 Å². The van der Waals surface area contributed by atoms with Gasteiger partial charge in [0.25, 0.3) is 7.37 Å². The van der Waals surface area contributed by atoms with Crippen LogP contribution in [0.2, 0.25) is 0 Å². The summed E-state index contributed by atoms with van der Waals surface area (Å²) in [6.07, 6.45) is 0. The average Bonchev–Trinajstić information content (AvgIpc) is 2.30. The fraction of sp³-hybridized carbons (Fsp3) is 0.0769. The summed E-state index contributed by atoms with van der Waals surface area (Å²) in [5.41, 5.74) is 1.02. The van der Waals surface area contributed by atoms with Crippen molar-refractivity contribution in [2.45, 2.75) is 6.92 Å². The van der Waals surface area contributed by atoms with Crippen LogP contribution in [0.25, 0.3) is 0 Å². The van der Waals surface area contributed by atoms with Crippen molar-refractivity contribution in [3.05, 3.63) is 59.9 Å². The Morgan fingerprint density at radius 3 is 1.82 bits per heavy atom. The highest BCUT2D eigenvalue weighted by molar-refractivity contribution is 7.73. The molecule has 17 heavy (non-hydrogen) atoms. The van der Waals surface area contributed by atoms with Crippen LogP contribution in [0.4, 0.5) is 4.39 Å². The summed E-state index contributed by atoms with van der Waals surface area (Å²) in [5, 5.41) is 0.595. The van der Waals surface area contributed by atoms with Crippen molar-refractivity contribution in [3.63, 3.8) is 0 Å². The molecule has 88 valence electrons. The van der Waals surface area contributed by atoms with Gasteiger partial charge in [0.1, 0.15) is 5.82 Å². The molecule has 2 aromatic rings. The normalized spacial score (nSPS) is 14.3. The second-order valence-electron chi connectivity index (χ2n) is 3.89. The molecule has 0 fully saturated rings. The van der Waals surface area contributed by atoms with Gasteiger partial charge in [-0.1, -0.05) is 17.7 Å². The van der Waals surface area contributed by atoms with E-state index in [1.165, 1.54) is 24.3 Å². The fourth-order valence-electron chi connectivity index (χ4n) is 1.54. The van der Waals surface area contributed by atoms with E-state index in [4.69, 9.17) is 0 Å². The molecule has 0 saturated heterocycles. The molecule has 0 aliphatic carbocycles. The van der Waals surface area contributed by atoms with Gasteiger partial charge in [0.05, 0.1) is 0 Å². The van der Waals surface area contributed by atoms with Crippen LogP contribution in [-0.2, 0) is 4.57 Å². The van der Waals surface area contributed by atoms with Crippen LogP contribution < -0.4 is 10.6 Å². The molecule has 1 N–H and O–H groups in total. The lowest BCUT2D eigenvalue weighted by atomic mass is 10.2. The van der Waals surface area contributed by atoms with Gasteiger partial charge in [-0.05, 0) is 43.3 Å². The maximum atomic E-state index is 12.8. The predicted octanol–water partition coefficient (Wildman–Crippen LogP) is 2.36. The number of halogens is 1. The first-order valence-electron chi connectivity index (χ1n) is 5.16. The van der Waals surface area contributed by atoms with E-state index in [2.05, 4.69) is 0 Å². The lowest BCUT2D eigenvalue weighted by Crippen LogP contribution is -2.15. The first kappa shape index (κ1) is 12.0. The van der Waals surface area contributed by atoms with Gasteiger partial charge in [-0.15, -0.1) is 0 Å². The van der Waals surface area contributed by atoms with E-state index in [-0.39, 0.29) is 5.30 Å². The summed E-state index contributed by atoms with van der Waals surface area (Å²) in [6, 6.07) is 11.9. The van der Waals surface area contributed by atoms with Gasteiger partial charge in [0.15, 0.2) is 0 Å². The van der Waals surface area contributed by atoms with Crippen LogP contribution in [0, 0.1) is 12.7 Å². The minimum Gasteiger partial charge on any atom is -0.338 e. The topological polar surface area (TPSA) is 37.3 Å². The molecule has 2 rings (SSSR count). The third-order valence-electron chi connectivity index (χ3n) is 2.56. The van der Waals surface area contributed by atoms with Gasteiger partial charge in [0.2, 0.25) is 0 Å². The van der Waals surface area contributed by atoms with Gasteiger partial charge in [0, 0.05) is 10.6 Å². The van der Waals surface area contributed by atoms with Gasteiger partial charge in [-0.2, -0.15) is 0 Å². The molecule has 0 aromatic heterocycles. The van der Waals surface area contributed by atoms with Crippen molar-refractivity contribution in [1.82, 2.24) is 0 Å². The smallest absolute Gasteiger partial charge is 0.258 e. The second-order valence-corrected chi connectivity index (χ2v) is 6.07. The first-order chi connectivity index (χ1) is 8.00. The van der Waals surface area contributed by atoms with E-state index < -0.39 is 13.2 Å². The van der Waals surface area contributed by atoms with Crippen LogP contribution in [0.1, 0.15) is 5.56 Å². The van der Waals surface area contributed by atoms with Gasteiger partial charge >= 0.3 is 0 Å². The van der Waals surface area contributed by atoms with Crippen molar-refractivity contribution in [3.8, 4) is 0 Å². The first-order valence-corrected chi connectivity index (χ1v) is 6.82. The van der Waals surface area contributed by atoms with Gasteiger partial charge in [-0.3, -0.25) is 4.57 Å². The van der Waals surface area contributed by atoms with E-state index in [0.717, 1.165) is 5.56 Å². The molecule has 1 unspecified atom stereocenters. The maximum Gasteiger partial charge on any atom is 0.258 e. The molecular formula is C13H12FO2P. The Balaban J connectivity index is 2.45. The summed E-state index contributed by atoms with van der Waals surface area (Å²) < 4.78 is 25.0. The summed E-state index contributed by atoms with van der Waals surface area (Å²) in [4.78, 5) is 10.1. The molecule has 0 spiro atoms. The molecular weight excluding hydrogens is 238 g/mol. The SMILES string of the molecule is Cc1ccc(P(=O)(O)c2ccc(F)cc2)cc1.